The van der Waals surface area contributed by atoms with Gasteiger partial charge in [-0.3, -0.25) is 0 Å². The van der Waals surface area contributed by atoms with Crippen LogP contribution in [0.25, 0.3) is 0 Å². The van der Waals surface area contributed by atoms with E-state index in [0.29, 0.717) is 8.95 Å². The van der Waals surface area contributed by atoms with Gasteiger partial charge in [-0.25, -0.2) is 9.59 Å². The molecule has 4 nitrogen and oxygen atoms in total. The molecule has 0 heterocycles. The molecule has 1 rings (SSSR count). The van der Waals surface area contributed by atoms with Crippen LogP contribution in [0.2, 0.25) is 0 Å². The molecule has 0 atom stereocenters. The van der Waals surface area contributed by atoms with Gasteiger partial charge in [-0.15, -0.1) is 0 Å². The number of carbonyl (C=O) groups is 2. The van der Waals surface area contributed by atoms with E-state index in [0.717, 1.165) is 0 Å². The van der Waals surface area contributed by atoms with E-state index in [1.807, 2.05) is 0 Å². The number of esters is 1. The van der Waals surface area contributed by atoms with Crippen LogP contribution in [0.4, 0.5) is 0 Å². The maximum absolute atomic E-state index is 11.4. The molecule has 0 unspecified atom stereocenters. The summed E-state index contributed by atoms with van der Waals surface area (Å²) >= 11 is 6.18. The van der Waals surface area contributed by atoms with Gasteiger partial charge < -0.3 is 9.84 Å². The molecule has 1 aromatic carbocycles. The molecule has 0 bridgehead atoms. The van der Waals surface area contributed by atoms with Crippen molar-refractivity contribution in [1.29, 1.82) is 0 Å². The number of hydrogen-bond donors (Lipinski definition) is 1. The lowest BCUT2D eigenvalue weighted by Gasteiger charge is -2.08. The van der Waals surface area contributed by atoms with Crippen LogP contribution >= 0.6 is 31.9 Å². The van der Waals surface area contributed by atoms with Crippen LogP contribution < -0.4 is 0 Å². The Morgan fingerprint density at radius 2 is 1.67 bits per heavy atom. The molecule has 0 radical (unpaired) electrons. The van der Waals surface area contributed by atoms with Crippen molar-refractivity contribution in [2.45, 2.75) is 0 Å². The summed E-state index contributed by atoms with van der Waals surface area (Å²) in [6, 6.07) is 3.11. The molecule has 0 amide bonds. The molecule has 0 aliphatic heterocycles. The van der Waals surface area contributed by atoms with Gasteiger partial charge in [0, 0.05) is 8.95 Å². The fourth-order valence-electron chi connectivity index (χ4n) is 1.06. The lowest BCUT2D eigenvalue weighted by molar-refractivity contribution is 0.0581. The second-order valence-electron chi connectivity index (χ2n) is 2.58. The zero-order valence-electron chi connectivity index (χ0n) is 7.58. The molecular weight excluding hydrogens is 332 g/mol. The Bertz CT molecular complexity index is 428. The van der Waals surface area contributed by atoms with Crippen molar-refractivity contribution >= 4 is 43.8 Å². The Hall–Kier alpha value is -0.880. The molecule has 6 heteroatoms. The van der Waals surface area contributed by atoms with Crippen molar-refractivity contribution in [3.05, 3.63) is 32.2 Å². The zero-order chi connectivity index (χ0) is 11.6. The fourth-order valence-corrected chi connectivity index (χ4v) is 2.05. The number of ether oxygens (including phenoxy) is 1. The molecular formula is C9H6Br2O4. The Morgan fingerprint density at radius 1 is 1.20 bits per heavy atom. The number of carboxylic acid groups (broad SMARTS) is 1. The molecule has 0 spiro atoms. The van der Waals surface area contributed by atoms with Crippen molar-refractivity contribution in [2.75, 3.05) is 7.11 Å². The summed E-state index contributed by atoms with van der Waals surface area (Å²) in [5.41, 5.74) is -0.115. The first kappa shape index (κ1) is 12.2. The first-order valence-electron chi connectivity index (χ1n) is 3.78. The van der Waals surface area contributed by atoms with Gasteiger partial charge in [0.1, 0.15) is 0 Å². The Kier molecular flexibility index (Phi) is 3.87. The van der Waals surface area contributed by atoms with Gasteiger partial charge in [0.25, 0.3) is 0 Å². The second-order valence-corrected chi connectivity index (χ2v) is 4.28. The summed E-state index contributed by atoms with van der Waals surface area (Å²) in [6.45, 7) is 0. The van der Waals surface area contributed by atoms with Crippen LogP contribution in [0.1, 0.15) is 20.7 Å². The Morgan fingerprint density at radius 3 is 2.07 bits per heavy atom. The normalized spacial score (nSPS) is 9.80. The summed E-state index contributed by atoms with van der Waals surface area (Å²) in [4.78, 5) is 22.3. The average Bonchev–Trinajstić information content (AvgIpc) is 2.19. The van der Waals surface area contributed by atoms with E-state index in [1.54, 1.807) is 12.1 Å². The van der Waals surface area contributed by atoms with E-state index in [9.17, 15) is 9.59 Å². The van der Waals surface area contributed by atoms with Gasteiger partial charge in [-0.2, -0.15) is 0 Å². The molecule has 80 valence electrons. The standard InChI is InChI=1S/C9H6Br2O4/c1-15-9(14)7-5(11)3-2-4(10)6(7)8(12)13/h2-3H,1H3,(H,12,13). The third kappa shape index (κ3) is 2.38. The minimum atomic E-state index is -1.19. The number of aromatic carboxylic acids is 1. The van der Waals surface area contributed by atoms with E-state index in [4.69, 9.17) is 5.11 Å². The number of carboxylic acids is 1. The molecule has 0 fully saturated rings. The predicted octanol–water partition coefficient (Wildman–Crippen LogP) is 2.70. The summed E-state index contributed by atoms with van der Waals surface area (Å²) in [5.74, 6) is -1.89. The third-order valence-corrected chi connectivity index (χ3v) is 3.03. The monoisotopic (exact) mass is 336 g/mol. The number of carbonyl (C=O) groups excluding carboxylic acids is 1. The summed E-state index contributed by atoms with van der Waals surface area (Å²) < 4.78 is 5.23. The molecule has 0 aliphatic carbocycles. The average molecular weight is 338 g/mol. The van der Waals surface area contributed by atoms with Crippen molar-refractivity contribution < 1.29 is 19.4 Å². The largest absolute Gasteiger partial charge is 0.478 e. The highest BCUT2D eigenvalue weighted by molar-refractivity contribution is 9.11. The van der Waals surface area contributed by atoms with Gasteiger partial charge in [0.2, 0.25) is 0 Å². The van der Waals surface area contributed by atoms with Gasteiger partial charge in [-0.1, -0.05) is 0 Å². The van der Waals surface area contributed by atoms with E-state index >= 15 is 0 Å². The minimum Gasteiger partial charge on any atom is -0.478 e. The maximum atomic E-state index is 11.4. The molecule has 15 heavy (non-hydrogen) atoms. The van der Waals surface area contributed by atoms with Crippen molar-refractivity contribution in [3.8, 4) is 0 Å². The topological polar surface area (TPSA) is 63.6 Å². The Labute approximate surface area is 102 Å². The number of halogens is 2. The quantitative estimate of drug-likeness (QED) is 0.843. The van der Waals surface area contributed by atoms with E-state index < -0.39 is 11.9 Å². The molecule has 0 aromatic heterocycles. The summed E-state index contributed by atoms with van der Waals surface area (Å²) in [6.07, 6.45) is 0. The van der Waals surface area contributed by atoms with Crippen LogP contribution in [-0.2, 0) is 4.74 Å². The molecule has 0 aliphatic rings. The van der Waals surface area contributed by atoms with Gasteiger partial charge in [0.05, 0.1) is 18.2 Å². The molecule has 1 N–H and O–H groups in total. The van der Waals surface area contributed by atoms with Gasteiger partial charge >= 0.3 is 11.9 Å². The van der Waals surface area contributed by atoms with E-state index in [2.05, 4.69) is 36.6 Å². The van der Waals surface area contributed by atoms with Crippen LogP contribution in [-0.4, -0.2) is 24.2 Å². The van der Waals surface area contributed by atoms with Crippen molar-refractivity contribution in [2.24, 2.45) is 0 Å². The molecule has 1 aromatic rings. The number of rotatable bonds is 2. The SMILES string of the molecule is COC(=O)c1c(Br)ccc(Br)c1C(=O)O. The minimum absolute atomic E-state index is 0.000579. The number of benzene rings is 1. The summed E-state index contributed by atoms with van der Waals surface area (Å²) in [7, 11) is 1.20. The molecule has 0 saturated heterocycles. The van der Waals surface area contributed by atoms with Crippen LogP contribution in [0.15, 0.2) is 21.1 Å². The Balaban J connectivity index is 3.52. The summed E-state index contributed by atoms with van der Waals surface area (Å²) in [5, 5.41) is 8.96. The highest BCUT2D eigenvalue weighted by atomic mass is 79.9. The van der Waals surface area contributed by atoms with Gasteiger partial charge in [0.15, 0.2) is 0 Å². The lowest BCUT2D eigenvalue weighted by Crippen LogP contribution is -2.11. The number of methoxy groups -OCH3 is 1. The lowest BCUT2D eigenvalue weighted by atomic mass is 10.1. The fraction of sp³-hybridized carbons (Fsp3) is 0.111. The first-order chi connectivity index (χ1) is 6.99. The third-order valence-electron chi connectivity index (χ3n) is 1.71. The first-order valence-corrected chi connectivity index (χ1v) is 5.37. The van der Waals surface area contributed by atoms with Crippen LogP contribution in [0, 0.1) is 0 Å². The maximum Gasteiger partial charge on any atom is 0.339 e. The van der Waals surface area contributed by atoms with E-state index in [-0.39, 0.29) is 11.1 Å². The number of hydrogen-bond acceptors (Lipinski definition) is 3. The molecule has 0 saturated carbocycles. The van der Waals surface area contributed by atoms with Gasteiger partial charge in [-0.05, 0) is 44.0 Å². The van der Waals surface area contributed by atoms with Crippen LogP contribution in [0.5, 0.6) is 0 Å². The highest BCUT2D eigenvalue weighted by Gasteiger charge is 2.23. The zero-order valence-corrected chi connectivity index (χ0v) is 10.8. The highest BCUT2D eigenvalue weighted by Crippen LogP contribution is 2.28. The predicted molar refractivity (Wildman–Crippen MR) is 60.1 cm³/mol. The van der Waals surface area contributed by atoms with Crippen molar-refractivity contribution in [1.82, 2.24) is 0 Å². The van der Waals surface area contributed by atoms with Crippen LogP contribution in [0.3, 0.4) is 0 Å². The smallest absolute Gasteiger partial charge is 0.339 e. The second kappa shape index (κ2) is 4.76. The van der Waals surface area contributed by atoms with Crippen molar-refractivity contribution in [3.63, 3.8) is 0 Å². The van der Waals surface area contributed by atoms with E-state index in [1.165, 1.54) is 7.11 Å².